The average Bonchev–Trinajstić information content (AvgIpc) is 2.44. The van der Waals surface area contributed by atoms with E-state index in [0.29, 0.717) is 25.9 Å². The van der Waals surface area contributed by atoms with Crippen LogP contribution in [0.4, 0.5) is 18.0 Å². The third-order valence-electron chi connectivity index (χ3n) is 2.92. The first-order valence-corrected chi connectivity index (χ1v) is 8.66. The largest absolute Gasteiger partial charge is 0.490 e. The van der Waals surface area contributed by atoms with Crippen molar-refractivity contribution in [2.24, 2.45) is 5.73 Å². The summed E-state index contributed by atoms with van der Waals surface area (Å²) in [4.78, 5) is 30.7. The molecule has 0 aromatic heterocycles. The zero-order valence-electron chi connectivity index (χ0n) is 13.2. The molecule has 0 unspecified atom stereocenters. The summed E-state index contributed by atoms with van der Waals surface area (Å²) in [7, 11) is -3.16. The number of carbonyl (C=O) groups is 3. The predicted molar refractivity (Wildman–Crippen MR) is 78.9 cm³/mol. The Morgan fingerprint density at radius 1 is 1.24 bits per heavy atom. The first-order chi connectivity index (χ1) is 11.2. The van der Waals surface area contributed by atoms with Gasteiger partial charge in [-0.25, -0.2) is 22.3 Å². The van der Waals surface area contributed by atoms with E-state index in [-0.39, 0.29) is 12.6 Å². The molecule has 1 aliphatic heterocycles. The molecule has 5 N–H and O–H groups in total. The number of nitrogens with one attached hydrogen (secondary N) is 2. The monoisotopic (exact) mass is 392 g/mol. The molecule has 1 saturated heterocycles. The summed E-state index contributed by atoms with van der Waals surface area (Å²) in [5.74, 6) is -3.37. The van der Waals surface area contributed by atoms with E-state index >= 15 is 0 Å². The highest BCUT2D eigenvalue weighted by Crippen LogP contribution is 2.13. The van der Waals surface area contributed by atoms with Gasteiger partial charge in [-0.1, -0.05) is 0 Å². The van der Waals surface area contributed by atoms with Crippen LogP contribution in [-0.2, 0) is 19.6 Å². The van der Waals surface area contributed by atoms with Gasteiger partial charge in [0.25, 0.3) is 0 Å². The first kappa shape index (κ1) is 22.9. The van der Waals surface area contributed by atoms with E-state index in [9.17, 15) is 31.2 Å². The normalized spacial score (nSPS) is 16.3. The Bertz CT molecular complexity index is 587. The van der Waals surface area contributed by atoms with Crippen molar-refractivity contribution in [2.75, 3.05) is 25.9 Å². The van der Waals surface area contributed by atoms with Gasteiger partial charge in [-0.05, 0) is 12.8 Å². The number of urea groups is 1. The number of nitrogens with two attached hydrogens (primary N) is 1. The fourth-order valence-corrected chi connectivity index (χ4v) is 2.61. The first-order valence-electron chi connectivity index (χ1n) is 6.81. The third-order valence-corrected chi connectivity index (χ3v) is 4.23. The fraction of sp³-hybridized carbons (Fsp3) is 0.727. The molecule has 3 amide bonds. The molecule has 10 nitrogen and oxygen atoms in total. The number of carboxylic acid groups (broad SMARTS) is 1. The number of amides is 3. The highest BCUT2D eigenvalue weighted by Gasteiger charge is 2.38. The Labute approximate surface area is 141 Å². The summed E-state index contributed by atoms with van der Waals surface area (Å²) in [5, 5.41) is 12.1. The van der Waals surface area contributed by atoms with Gasteiger partial charge < -0.3 is 21.5 Å². The van der Waals surface area contributed by atoms with E-state index in [2.05, 4.69) is 10.6 Å². The maximum Gasteiger partial charge on any atom is 0.490 e. The maximum absolute atomic E-state index is 11.3. The lowest BCUT2D eigenvalue weighted by molar-refractivity contribution is -0.192. The summed E-state index contributed by atoms with van der Waals surface area (Å²) < 4.78 is 55.7. The van der Waals surface area contributed by atoms with Crippen LogP contribution in [0.3, 0.4) is 0 Å². The second-order valence-electron chi connectivity index (χ2n) is 5.03. The second-order valence-corrected chi connectivity index (χ2v) is 7.01. The minimum absolute atomic E-state index is 0.0872. The molecule has 146 valence electrons. The molecule has 14 heteroatoms. The molecule has 1 rings (SSSR count). The molecule has 1 heterocycles. The standard InChI is InChI=1S/C9H18N4O4S.C2HF3O2/c1-18(16,17)13-4-2-7(3-5-13)12-9(15)11-6-8(10)14;3-2(4,5)1(6)7/h7H,2-6H2,1H3,(H2,10,14)(H2,11,12,15);(H,6,7). The quantitative estimate of drug-likeness (QED) is 0.472. The van der Waals surface area contributed by atoms with Crippen molar-refractivity contribution in [3.05, 3.63) is 0 Å². The lowest BCUT2D eigenvalue weighted by Crippen LogP contribution is -2.49. The average molecular weight is 392 g/mol. The van der Waals surface area contributed by atoms with Crippen molar-refractivity contribution < 1.29 is 41.1 Å². The highest BCUT2D eigenvalue weighted by atomic mass is 32.2. The molecule has 0 radical (unpaired) electrons. The lowest BCUT2D eigenvalue weighted by atomic mass is 10.1. The van der Waals surface area contributed by atoms with Crippen LogP contribution in [0.5, 0.6) is 0 Å². The SMILES string of the molecule is CS(=O)(=O)N1CCC(NC(=O)NCC(N)=O)CC1.O=C(O)C(F)(F)F. The molecule has 0 aromatic rings. The van der Waals surface area contributed by atoms with Gasteiger partial charge in [0.05, 0.1) is 12.8 Å². The van der Waals surface area contributed by atoms with Crippen molar-refractivity contribution in [1.82, 2.24) is 14.9 Å². The molecule has 1 aliphatic rings. The molecule has 0 aliphatic carbocycles. The smallest absolute Gasteiger partial charge is 0.475 e. The number of primary amides is 1. The van der Waals surface area contributed by atoms with Gasteiger partial charge in [0.15, 0.2) is 0 Å². The number of rotatable bonds is 4. The molecular formula is C11H19F3N4O6S. The molecule has 0 aromatic carbocycles. The molecule has 1 fully saturated rings. The number of carboxylic acids is 1. The summed E-state index contributed by atoms with van der Waals surface area (Å²) in [5.41, 5.74) is 4.89. The van der Waals surface area contributed by atoms with Crippen molar-refractivity contribution in [3.63, 3.8) is 0 Å². The van der Waals surface area contributed by atoms with E-state index in [4.69, 9.17) is 15.6 Å². The van der Waals surface area contributed by atoms with Gasteiger partial charge in [0, 0.05) is 19.1 Å². The Morgan fingerprint density at radius 2 is 1.68 bits per heavy atom. The van der Waals surface area contributed by atoms with E-state index in [1.165, 1.54) is 10.6 Å². The predicted octanol–water partition coefficient (Wildman–Crippen LogP) is -1.17. The number of hydrogen-bond acceptors (Lipinski definition) is 5. The summed E-state index contributed by atoms with van der Waals surface area (Å²) in [6.07, 6.45) is -2.81. The molecule has 0 atom stereocenters. The van der Waals surface area contributed by atoms with Gasteiger partial charge in [0.2, 0.25) is 15.9 Å². The summed E-state index contributed by atoms with van der Waals surface area (Å²) >= 11 is 0. The van der Waals surface area contributed by atoms with Crippen LogP contribution in [0.2, 0.25) is 0 Å². The van der Waals surface area contributed by atoms with Crippen molar-refractivity contribution in [3.8, 4) is 0 Å². The second kappa shape index (κ2) is 9.41. The number of nitrogens with zero attached hydrogens (tertiary/aromatic N) is 1. The lowest BCUT2D eigenvalue weighted by Gasteiger charge is -2.30. The van der Waals surface area contributed by atoms with E-state index in [1.807, 2.05) is 0 Å². The van der Waals surface area contributed by atoms with Crippen LogP contribution in [0.15, 0.2) is 0 Å². The highest BCUT2D eigenvalue weighted by molar-refractivity contribution is 7.88. The zero-order valence-corrected chi connectivity index (χ0v) is 14.0. The van der Waals surface area contributed by atoms with E-state index in [1.54, 1.807) is 0 Å². The third kappa shape index (κ3) is 10.4. The Morgan fingerprint density at radius 3 is 2.00 bits per heavy atom. The van der Waals surface area contributed by atoms with E-state index < -0.39 is 34.1 Å². The van der Waals surface area contributed by atoms with Crippen molar-refractivity contribution >= 4 is 27.9 Å². The van der Waals surface area contributed by atoms with Gasteiger partial charge in [0.1, 0.15) is 0 Å². The van der Waals surface area contributed by atoms with Crippen LogP contribution >= 0.6 is 0 Å². The van der Waals surface area contributed by atoms with Crippen LogP contribution in [0.25, 0.3) is 0 Å². The number of hydrogen-bond donors (Lipinski definition) is 4. The Balaban J connectivity index is 0.000000697. The van der Waals surface area contributed by atoms with Crippen LogP contribution in [-0.4, -0.2) is 73.8 Å². The zero-order chi connectivity index (χ0) is 19.8. The topological polar surface area (TPSA) is 159 Å². The number of aliphatic carboxylic acids is 1. The van der Waals surface area contributed by atoms with Crippen LogP contribution in [0.1, 0.15) is 12.8 Å². The number of alkyl halides is 3. The minimum atomic E-state index is -5.08. The van der Waals surface area contributed by atoms with Crippen LogP contribution in [0, 0.1) is 0 Å². The molecule has 0 saturated carbocycles. The Kier molecular flexibility index (Phi) is 8.62. The van der Waals surface area contributed by atoms with Crippen LogP contribution < -0.4 is 16.4 Å². The maximum atomic E-state index is 11.3. The summed E-state index contributed by atoms with van der Waals surface area (Å²) in [6, 6.07) is -0.553. The van der Waals surface area contributed by atoms with Crippen molar-refractivity contribution in [1.29, 1.82) is 0 Å². The van der Waals surface area contributed by atoms with Gasteiger partial charge in [-0.3, -0.25) is 4.79 Å². The number of sulfonamides is 1. The molecule has 25 heavy (non-hydrogen) atoms. The van der Waals surface area contributed by atoms with Gasteiger partial charge in [-0.15, -0.1) is 0 Å². The number of halogens is 3. The van der Waals surface area contributed by atoms with Gasteiger partial charge in [-0.2, -0.15) is 13.2 Å². The molecule has 0 spiro atoms. The molecular weight excluding hydrogens is 373 g/mol. The summed E-state index contributed by atoms with van der Waals surface area (Å²) in [6.45, 7) is 0.563. The Hall–Kier alpha value is -2.09. The number of piperidine rings is 1. The number of carbonyl (C=O) groups excluding carboxylic acids is 2. The fourth-order valence-electron chi connectivity index (χ4n) is 1.74. The van der Waals surface area contributed by atoms with E-state index in [0.717, 1.165) is 0 Å². The van der Waals surface area contributed by atoms with Crippen molar-refractivity contribution in [2.45, 2.75) is 25.1 Å². The molecule has 0 bridgehead atoms. The minimum Gasteiger partial charge on any atom is -0.475 e. The van der Waals surface area contributed by atoms with Gasteiger partial charge >= 0.3 is 18.2 Å².